The summed E-state index contributed by atoms with van der Waals surface area (Å²) >= 11 is 0. The van der Waals surface area contributed by atoms with E-state index in [1.165, 1.54) is 28.0 Å². The average Bonchev–Trinajstić information content (AvgIpc) is 2.99. The van der Waals surface area contributed by atoms with Crippen LogP contribution in [0.15, 0.2) is 36.4 Å². The lowest BCUT2D eigenvalue weighted by molar-refractivity contribution is -0.158. The van der Waals surface area contributed by atoms with Crippen LogP contribution in [0.3, 0.4) is 0 Å². The average molecular weight is 445 g/mol. The second-order valence-electron chi connectivity index (χ2n) is 8.37. The van der Waals surface area contributed by atoms with Gasteiger partial charge in [0, 0.05) is 5.69 Å². The largest absolute Gasteiger partial charge is 0.476 e. The molecule has 1 fully saturated rings. The normalized spacial score (nSPS) is 16.5. The molecule has 0 radical (unpaired) electrons. The lowest BCUT2D eigenvalue weighted by atomic mass is 10.0. The van der Waals surface area contributed by atoms with Crippen LogP contribution in [-0.4, -0.2) is 47.0 Å². The monoisotopic (exact) mass is 444 g/mol. The van der Waals surface area contributed by atoms with Gasteiger partial charge in [-0.1, -0.05) is 18.2 Å². The molecule has 1 unspecified atom stereocenters. The van der Waals surface area contributed by atoms with Gasteiger partial charge in [-0.15, -0.1) is 0 Å². The SMILES string of the molecule is CCOC(=O)C(C)(C)Oc1c(C)cc(CN2C(=O)N(c3cccc(F)c3)CC2O)cc1C. The molecule has 1 saturated heterocycles. The van der Waals surface area contributed by atoms with Crippen LogP contribution >= 0.6 is 0 Å². The summed E-state index contributed by atoms with van der Waals surface area (Å²) in [4.78, 5) is 27.8. The van der Waals surface area contributed by atoms with Gasteiger partial charge in [-0.25, -0.2) is 14.0 Å². The number of anilines is 1. The van der Waals surface area contributed by atoms with Gasteiger partial charge < -0.3 is 14.6 Å². The summed E-state index contributed by atoms with van der Waals surface area (Å²) in [6.07, 6.45) is -1.02. The second kappa shape index (κ2) is 9.16. The van der Waals surface area contributed by atoms with Gasteiger partial charge in [0.2, 0.25) is 0 Å². The second-order valence-corrected chi connectivity index (χ2v) is 8.37. The summed E-state index contributed by atoms with van der Waals surface area (Å²) in [5.41, 5.74) is 1.63. The fraction of sp³-hybridized carbons (Fsp3) is 0.417. The standard InChI is InChI=1S/C24H29FN2O5/c1-6-31-22(29)24(4,5)32-21-15(2)10-17(11-16(21)3)13-27-20(28)14-26(23(27)30)19-9-7-8-18(25)12-19/h7-12,20,28H,6,13-14H2,1-5H3. The molecule has 7 nitrogen and oxygen atoms in total. The van der Waals surface area contributed by atoms with Crippen molar-refractivity contribution < 1.29 is 28.6 Å². The molecule has 0 spiro atoms. The first-order valence-corrected chi connectivity index (χ1v) is 10.5. The Labute approximate surface area is 187 Å². The number of ether oxygens (including phenoxy) is 2. The number of aliphatic hydroxyl groups excluding tert-OH is 1. The van der Waals surface area contributed by atoms with Gasteiger partial charge in [-0.2, -0.15) is 0 Å². The Balaban J connectivity index is 1.78. The number of amides is 2. The van der Waals surface area contributed by atoms with Gasteiger partial charge in [0.25, 0.3) is 0 Å². The van der Waals surface area contributed by atoms with Crippen molar-refractivity contribution in [1.82, 2.24) is 4.90 Å². The number of aliphatic hydroxyl groups is 1. The van der Waals surface area contributed by atoms with Crippen molar-refractivity contribution in [1.29, 1.82) is 0 Å². The number of hydrogen-bond acceptors (Lipinski definition) is 5. The zero-order valence-electron chi connectivity index (χ0n) is 19.0. The Bertz CT molecular complexity index is 1000. The molecule has 0 bridgehead atoms. The molecule has 1 atom stereocenters. The van der Waals surface area contributed by atoms with Crippen LogP contribution in [0.5, 0.6) is 5.75 Å². The first-order chi connectivity index (χ1) is 15.0. The highest BCUT2D eigenvalue weighted by atomic mass is 19.1. The third-order valence-corrected chi connectivity index (χ3v) is 5.30. The molecule has 1 aliphatic heterocycles. The van der Waals surface area contributed by atoms with E-state index in [9.17, 15) is 19.1 Å². The molecule has 172 valence electrons. The molecule has 2 amide bonds. The highest BCUT2D eigenvalue weighted by Crippen LogP contribution is 2.31. The molecular formula is C24H29FN2O5. The molecular weight excluding hydrogens is 415 g/mol. The fourth-order valence-corrected chi connectivity index (χ4v) is 3.75. The maximum atomic E-state index is 13.6. The molecule has 1 N–H and O–H groups in total. The smallest absolute Gasteiger partial charge is 0.349 e. The van der Waals surface area contributed by atoms with Crippen molar-refractivity contribution >= 4 is 17.7 Å². The predicted molar refractivity (Wildman–Crippen MR) is 118 cm³/mol. The number of nitrogens with zero attached hydrogens (tertiary/aromatic N) is 2. The summed E-state index contributed by atoms with van der Waals surface area (Å²) < 4.78 is 24.6. The number of carbonyl (C=O) groups is 2. The number of esters is 1. The van der Waals surface area contributed by atoms with Crippen LogP contribution in [0, 0.1) is 19.7 Å². The van der Waals surface area contributed by atoms with Crippen molar-refractivity contribution in [3.63, 3.8) is 0 Å². The van der Waals surface area contributed by atoms with Gasteiger partial charge >= 0.3 is 12.0 Å². The number of hydrogen-bond donors (Lipinski definition) is 1. The molecule has 1 heterocycles. The number of benzene rings is 2. The Morgan fingerprint density at radius 3 is 2.47 bits per heavy atom. The minimum absolute atomic E-state index is 0.0508. The summed E-state index contributed by atoms with van der Waals surface area (Å²) in [5, 5.41) is 10.5. The van der Waals surface area contributed by atoms with E-state index in [1.807, 2.05) is 26.0 Å². The quantitative estimate of drug-likeness (QED) is 0.655. The van der Waals surface area contributed by atoms with Gasteiger partial charge in [0.15, 0.2) is 5.60 Å². The number of rotatable bonds is 7. The zero-order valence-corrected chi connectivity index (χ0v) is 19.0. The summed E-state index contributed by atoms with van der Waals surface area (Å²) in [6.45, 7) is 9.24. The zero-order chi connectivity index (χ0) is 23.6. The third kappa shape index (κ3) is 4.85. The summed E-state index contributed by atoms with van der Waals surface area (Å²) in [7, 11) is 0. The van der Waals surface area contributed by atoms with Crippen molar-refractivity contribution in [3.8, 4) is 5.75 Å². The molecule has 0 aromatic heterocycles. The molecule has 0 saturated carbocycles. The van der Waals surface area contributed by atoms with E-state index in [-0.39, 0.29) is 19.7 Å². The highest BCUT2D eigenvalue weighted by molar-refractivity contribution is 5.94. The Hall–Kier alpha value is -3.13. The third-order valence-electron chi connectivity index (χ3n) is 5.30. The maximum Gasteiger partial charge on any atom is 0.349 e. The van der Waals surface area contributed by atoms with E-state index in [2.05, 4.69) is 0 Å². The van der Waals surface area contributed by atoms with E-state index in [0.717, 1.165) is 16.7 Å². The first kappa shape index (κ1) is 23.5. The van der Waals surface area contributed by atoms with Crippen LogP contribution < -0.4 is 9.64 Å². The lowest BCUT2D eigenvalue weighted by Crippen LogP contribution is -2.40. The fourth-order valence-electron chi connectivity index (χ4n) is 3.75. The van der Waals surface area contributed by atoms with Gasteiger partial charge in [-0.05, 0) is 69.5 Å². The van der Waals surface area contributed by atoms with E-state index < -0.39 is 29.6 Å². The minimum Gasteiger partial charge on any atom is -0.476 e. The van der Waals surface area contributed by atoms with Gasteiger partial charge in [-0.3, -0.25) is 9.80 Å². The molecule has 2 aromatic rings. The van der Waals surface area contributed by atoms with E-state index in [4.69, 9.17) is 9.47 Å². The van der Waals surface area contributed by atoms with Crippen LogP contribution in [0.1, 0.15) is 37.5 Å². The first-order valence-electron chi connectivity index (χ1n) is 10.5. The molecule has 8 heteroatoms. The Morgan fingerprint density at radius 2 is 1.88 bits per heavy atom. The number of carbonyl (C=O) groups excluding carboxylic acids is 2. The number of aryl methyl sites for hydroxylation is 2. The minimum atomic E-state index is -1.15. The molecule has 1 aliphatic rings. The molecule has 3 rings (SSSR count). The van der Waals surface area contributed by atoms with Crippen LogP contribution in [0.4, 0.5) is 14.9 Å². The van der Waals surface area contributed by atoms with Crippen molar-refractivity contribution in [2.45, 2.75) is 53.0 Å². The van der Waals surface area contributed by atoms with Crippen molar-refractivity contribution in [3.05, 3.63) is 58.9 Å². The van der Waals surface area contributed by atoms with E-state index >= 15 is 0 Å². The van der Waals surface area contributed by atoms with Gasteiger partial charge in [0.1, 0.15) is 17.8 Å². The van der Waals surface area contributed by atoms with Crippen LogP contribution in [0.25, 0.3) is 0 Å². The molecule has 2 aromatic carbocycles. The summed E-state index contributed by atoms with van der Waals surface area (Å²) in [5.74, 6) is -0.330. The molecule has 0 aliphatic carbocycles. The number of urea groups is 1. The number of β-amino-alcohol motifs (C(OH)–C–C–N with tert-alkyl or cyclic N) is 1. The van der Waals surface area contributed by atoms with Crippen LogP contribution in [0.2, 0.25) is 0 Å². The maximum absolute atomic E-state index is 13.6. The summed E-state index contributed by atoms with van der Waals surface area (Å²) in [6, 6.07) is 9.03. The Morgan fingerprint density at radius 1 is 1.22 bits per heavy atom. The van der Waals surface area contributed by atoms with Crippen LogP contribution in [-0.2, 0) is 16.1 Å². The predicted octanol–water partition coefficient (Wildman–Crippen LogP) is 3.92. The van der Waals surface area contributed by atoms with E-state index in [1.54, 1.807) is 26.8 Å². The highest BCUT2D eigenvalue weighted by Gasteiger charge is 2.37. The molecule has 32 heavy (non-hydrogen) atoms. The number of halogens is 1. The Kier molecular flexibility index (Phi) is 6.74. The topological polar surface area (TPSA) is 79.3 Å². The van der Waals surface area contributed by atoms with Crippen molar-refractivity contribution in [2.75, 3.05) is 18.1 Å². The van der Waals surface area contributed by atoms with Crippen molar-refractivity contribution in [2.24, 2.45) is 0 Å². The lowest BCUT2D eigenvalue weighted by Gasteiger charge is -2.27. The van der Waals surface area contributed by atoms with E-state index in [0.29, 0.717) is 11.4 Å². The van der Waals surface area contributed by atoms with Gasteiger partial charge in [0.05, 0.1) is 19.7 Å².